The van der Waals surface area contributed by atoms with Crippen LogP contribution in [0.3, 0.4) is 0 Å². The van der Waals surface area contributed by atoms with Gasteiger partial charge < -0.3 is 10.1 Å². The van der Waals surface area contributed by atoms with E-state index in [0.29, 0.717) is 12.3 Å². The van der Waals surface area contributed by atoms with Crippen LogP contribution in [-0.2, 0) is 10.0 Å². The van der Waals surface area contributed by atoms with Crippen LogP contribution in [0.25, 0.3) is 0 Å². The van der Waals surface area contributed by atoms with Crippen molar-refractivity contribution in [1.82, 2.24) is 4.72 Å². The first-order valence-electron chi connectivity index (χ1n) is 8.09. The fourth-order valence-electron chi connectivity index (χ4n) is 2.24. The van der Waals surface area contributed by atoms with Gasteiger partial charge in [0.05, 0.1) is 6.61 Å². The fourth-order valence-corrected chi connectivity index (χ4v) is 3.93. The quantitative estimate of drug-likeness (QED) is 0.685. The first kappa shape index (κ1) is 20.4. The smallest absolute Gasteiger partial charge is 0.255 e. The van der Waals surface area contributed by atoms with Gasteiger partial charge in [0.2, 0.25) is 10.0 Å². The summed E-state index contributed by atoms with van der Waals surface area (Å²) in [6.07, 6.45) is 0. The Morgan fingerprint density at radius 3 is 2.38 bits per heavy atom. The molecular formula is C18H21BrN2O4S. The van der Waals surface area contributed by atoms with Gasteiger partial charge in [0.1, 0.15) is 10.6 Å². The Morgan fingerprint density at radius 2 is 1.81 bits per heavy atom. The van der Waals surface area contributed by atoms with Crippen LogP contribution >= 0.6 is 15.9 Å². The lowest BCUT2D eigenvalue weighted by Crippen LogP contribution is -2.30. The summed E-state index contributed by atoms with van der Waals surface area (Å²) < 4.78 is 34.0. The molecule has 26 heavy (non-hydrogen) atoms. The summed E-state index contributed by atoms with van der Waals surface area (Å²) in [4.78, 5) is 12.4. The minimum Gasteiger partial charge on any atom is -0.492 e. The van der Waals surface area contributed by atoms with Crippen molar-refractivity contribution < 1.29 is 17.9 Å². The van der Waals surface area contributed by atoms with Gasteiger partial charge in [-0.2, -0.15) is 0 Å². The zero-order chi connectivity index (χ0) is 19.3. The Balaban J connectivity index is 2.36. The molecule has 0 fully saturated rings. The second kappa shape index (κ2) is 8.66. The lowest BCUT2D eigenvalue weighted by molar-refractivity contribution is 0.102. The SMILES string of the molecule is CCOc1ccc(C(=O)Nc2ccc(Br)cc2)cc1S(=O)(=O)NC(C)C. The Kier molecular flexibility index (Phi) is 6.80. The topological polar surface area (TPSA) is 84.5 Å². The number of benzene rings is 2. The number of rotatable bonds is 7. The molecule has 0 saturated carbocycles. The van der Waals surface area contributed by atoms with Gasteiger partial charge in [0.15, 0.2) is 0 Å². The van der Waals surface area contributed by atoms with E-state index in [1.54, 1.807) is 45.0 Å². The van der Waals surface area contributed by atoms with E-state index in [2.05, 4.69) is 26.0 Å². The molecule has 0 aliphatic heterocycles. The average Bonchev–Trinajstić information content (AvgIpc) is 2.56. The van der Waals surface area contributed by atoms with E-state index in [1.807, 2.05) is 0 Å². The third-order valence-corrected chi connectivity index (χ3v) is 5.50. The highest BCUT2D eigenvalue weighted by Crippen LogP contribution is 2.26. The molecule has 0 heterocycles. The first-order valence-corrected chi connectivity index (χ1v) is 10.4. The van der Waals surface area contributed by atoms with E-state index in [1.165, 1.54) is 18.2 Å². The molecule has 2 aromatic rings. The van der Waals surface area contributed by atoms with Crippen molar-refractivity contribution in [3.8, 4) is 5.75 Å². The van der Waals surface area contributed by atoms with E-state index >= 15 is 0 Å². The summed E-state index contributed by atoms with van der Waals surface area (Å²) in [7, 11) is -3.81. The summed E-state index contributed by atoms with van der Waals surface area (Å²) in [5, 5.41) is 2.74. The van der Waals surface area contributed by atoms with Crippen LogP contribution < -0.4 is 14.8 Å². The number of ether oxygens (including phenoxy) is 1. The molecule has 2 N–H and O–H groups in total. The van der Waals surface area contributed by atoms with Crippen molar-refractivity contribution in [3.63, 3.8) is 0 Å². The van der Waals surface area contributed by atoms with E-state index in [4.69, 9.17) is 4.74 Å². The van der Waals surface area contributed by atoms with Gasteiger partial charge in [0.25, 0.3) is 5.91 Å². The molecule has 0 aliphatic carbocycles. The standard InChI is InChI=1S/C18H21BrN2O4S/c1-4-25-16-10-5-13(11-17(16)26(23,24)21-12(2)3)18(22)20-15-8-6-14(19)7-9-15/h5-12,21H,4H2,1-3H3,(H,20,22). The maximum atomic E-state index is 12.6. The minimum atomic E-state index is -3.81. The number of carbonyl (C=O) groups excluding carboxylic acids is 1. The zero-order valence-electron chi connectivity index (χ0n) is 14.7. The molecule has 0 atom stereocenters. The maximum Gasteiger partial charge on any atom is 0.255 e. The Morgan fingerprint density at radius 1 is 1.15 bits per heavy atom. The second-order valence-corrected chi connectivity index (χ2v) is 8.43. The van der Waals surface area contributed by atoms with Crippen LogP contribution in [-0.4, -0.2) is 27.0 Å². The van der Waals surface area contributed by atoms with E-state index in [9.17, 15) is 13.2 Å². The molecular weight excluding hydrogens is 420 g/mol. The number of anilines is 1. The van der Waals surface area contributed by atoms with E-state index in [-0.39, 0.29) is 22.3 Å². The number of nitrogens with one attached hydrogen (secondary N) is 2. The van der Waals surface area contributed by atoms with Crippen LogP contribution in [0.1, 0.15) is 31.1 Å². The molecule has 1 amide bonds. The maximum absolute atomic E-state index is 12.6. The fraction of sp³-hybridized carbons (Fsp3) is 0.278. The van der Waals surface area contributed by atoms with Gasteiger partial charge >= 0.3 is 0 Å². The largest absolute Gasteiger partial charge is 0.492 e. The van der Waals surface area contributed by atoms with Crippen LogP contribution in [0.2, 0.25) is 0 Å². The van der Waals surface area contributed by atoms with Gasteiger partial charge in [-0.05, 0) is 63.2 Å². The molecule has 2 rings (SSSR count). The summed E-state index contributed by atoms with van der Waals surface area (Å²) in [5.41, 5.74) is 0.831. The molecule has 0 unspecified atom stereocenters. The number of hydrogen-bond acceptors (Lipinski definition) is 4. The molecule has 0 radical (unpaired) electrons. The highest BCUT2D eigenvalue weighted by atomic mass is 79.9. The number of sulfonamides is 1. The first-order chi connectivity index (χ1) is 12.2. The number of halogens is 1. The van der Waals surface area contributed by atoms with Crippen molar-refractivity contribution in [2.24, 2.45) is 0 Å². The van der Waals surface area contributed by atoms with Gasteiger partial charge in [0, 0.05) is 21.8 Å². The average molecular weight is 441 g/mol. The predicted octanol–water partition coefficient (Wildman–Crippen LogP) is 3.79. The predicted molar refractivity (Wildman–Crippen MR) is 105 cm³/mol. The normalized spacial score (nSPS) is 11.4. The van der Waals surface area contributed by atoms with Crippen molar-refractivity contribution >= 4 is 37.5 Å². The van der Waals surface area contributed by atoms with Crippen molar-refractivity contribution in [2.75, 3.05) is 11.9 Å². The van der Waals surface area contributed by atoms with Crippen molar-refractivity contribution in [3.05, 3.63) is 52.5 Å². The van der Waals surface area contributed by atoms with Crippen LogP contribution in [0.4, 0.5) is 5.69 Å². The molecule has 140 valence electrons. The molecule has 0 aromatic heterocycles. The monoisotopic (exact) mass is 440 g/mol. The van der Waals surface area contributed by atoms with Crippen LogP contribution in [0.5, 0.6) is 5.75 Å². The van der Waals surface area contributed by atoms with E-state index < -0.39 is 15.9 Å². The number of hydrogen-bond donors (Lipinski definition) is 2. The van der Waals surface area contributed by atoms with Gasteiger partial charge in [-0.1, -0.05) is 15.9 Å². The summed E-state index contributed by atoms with van der Waals surface area (Å²) in [5.74, 6) is -0.197. The second-order valence-electron chi connectivity index (χ2n) is 5.83. The lowest BCUT2D eigenvalue weighted by atomic mass is 10.2. The molecule has 0 saturated heterocycles. The molecule has 0 spiro atoms. The van der Waals surface area contributed by atoms with Crippen LogP contribution in [0, 0.1) is 0 Å². The summed E-state index contributed by atoms with van der Waals surface area (Å²) in [6, 6.07) is 11.2. The highest BCUT2D eigenvalue weighted by molar-refractivity contribution is 9.10. The minimum absolute atomic E-state index is 0.0588. The molecule has 0 aliphatic rings. The molecule has 8 heteroatoms. The molecule has 0 bridgehead atoms. The third kappa shape index (κ3) is 5.30. The summed E-state index contributed by atoms with van der Waals surface area (Å²) in [6.45, 7) is 5.53. The Bertz CT molecular complexity index is 881. The third-order valence-electron chi connectivity index (χ3n) is 3.29. The number of carbonyl (C=O) groups is 1. The van der Waals surface area contributed by atoms with Crippen molar-refractivity contribution in [1.29, 1.82) is 0 Å². The van der Waals surface area contributed by atoms with Gasteiger partial charge in [-0.3, -0.25) is 4.79 Å². The zero-order valence-corrected chi connectivity index (χ0v) is 17.1. The highest BCUT2D eigenvalue weighted by Gasteiger charge is 2.22. The van der Waals surface area contributed by atoms with Gasteiger partial charge in [-0.25, -0.2) is 13.1 Å². The number of amides is 1. The Hall–Kier alpha value is -1.90. The summed E-state index contributed by atoms with van der Waals surface area (Å²) >= 11 is 3.33. The van der Waals surface area contributed by atoms with E-state index in [0.717, 1.165) is 4.47 Å². The molecule has 6 nitrogen and oxygen atoms in total. The van der Waals surface area contributed by atoms with Crippen LogP contribution in [0.15, 0.2) is 51.8 Å². The van der Waals surface area contributed by atoms with Gasteiger partial charge in [-0.15, -0.1) is 0 Å². The Labute approximate surface area is 162 Å². The molecule has 2 aromatic carbocycles. The van der Waals surface area contributed by atoms with Crippen molar-refractivity contribution in [2.45, 2.75) is 31.7 Å². The lowest BCUT2D eigenvalue weighted by Gasteiger charge is -2.15.